The zero-order chi connectivity index (χ0) is 20.0. The quantitative estimate of drug-likeness (QED) is 0.647. The molecule has 6 heteroatoms. The van der Waals surface area contributed by atoms with Crippen LogP contribution in [-0.2, 0) is 4.79 Å². The Hall–Kier alpha value is -3.15. The Labute approximate surface area is 158 Å². The summed E-state index contributed by atoms with van der Waals surface area (Å²) >= 11 is 0. The van der Waals surface area contributed by atoms with Crippen molar-refractivity contribution >= 4 is 23.5 Å². The number of carbonyl (C=O) groups is 3. The fourth-order valence-electron chi connectivity index (χ4n) is 2.75. The molecule has 2 aromatic carbocycles. The van der Waals surface area contributed by atoms with Crippen LogP contribution in [0.15, 0.2) is 48.5 Å². The number of carboxylic acid groups (broad SMARTS) is 1. The fourth-order valence-corrected chi connectivity index (χ4v) is 2.75. The lowest BCUT2D eigenvalue weighted by atomic mass is 9.97. The van der Waals surface area contributed by atoms with Crippen molar-refractivity contribution in [1.82, 2.24) is 5.32 Å². The van der Waals surface area contributed by atoms with Crippen LogP contribution in [0.5, 0.6) is 0 Å². The van der Waals surface area contributed by atoms with Crippen LogP contribution in [-0.4, -0.2) is 28.9 Å². The molecular formula is C21H24N2O4. The molecule has 0 aliphatic carbocycles. The highest BCUT2D eigenvalue weighted by atomic mass is 16.4. The van der Waals surface area contributed by atoms with Gasteiger partial charge in [-0.15, -0.1) is 0 Å². The van der Waals surface area contributed by atoms with Gasteiger partial charge < -0.3 is 15.7 Å². The zero-order valence-electron chi connectivity index (χ0n) is 15.7. The van der Waals surface area contributed by atoms with Crippen molar-refractivity contribution in [2.24, 2.45) is 5.92 Å². The molecule has 0 bridgehead atoms. The second-order valence-electron chi connectivity index (χ2n) is 6.55. The molecule has 0 aliphatic rings. The van der Waals surface area contributed by atoms with Gasteiger partial charge in [0.2, 0.25) is 5.91 Å². The van der Waals surface area contributed by atoms with Crippen LogP contribution >= 0.6 is 0 Å². The maximum absolute atomic E-state index is 12.9. The third kappa shape index (κ3) is 5.17. The summed E-state index contributed by atoms with van der Waals surface area (Å²) in [5, 5.41) is 14.0. The number of hydrogen-bond acceptors (Lipinski definition) is 3. The van der Waals surface area contributed by atoms with Gasteiger partial charge in [0.1, 0.15) is 6.04 Å². The molecule has 0 fully saturated rings. The minimum absolute atomic E-state index is 0.195. The van der Waals surface area contributed by atoms with Gasteiger partial charge in [-0.1, -0.05) is 62.2 Å². The first-order valence-electron chi connectivity index (χ1n) is 8.84. The first kappa shape index (κ1) is 20.2. The standard InChI is InChI=1S/C21H24N2O4/c1-4-14(3)18(23-21(26)27)20(25)22-17-11-10-13(2)12-16(17)19(24)15-8-6-5-7-9-15/h5-12,14,18,23H,4H2,1-3H3,(H,22,25)(H,26,27). The molecule has 2 unspecified atom stereocenters. The largest absolute Gasteiger partial charge is 0.465 e. The molecule has 0 aromatic heterocycles. The summed E-state index contributed by atoms with van der Waals surface area (Å²) in [7, 11) is 0. The van der Waals surface area contributed by atoms with Crippen molar-refractivity contribution in [2.45, 2.75) is 33.2 Å². The summed E-state index contributed by atoms with van der Waals surface area (Å²) in [6, 6.07) is 13.1. The Bertz CT molecular complexity index is 833. The topological polar surface area (TPSA) is 95.5 Å². The highest BCUT2D eigenvalue weighted by molar-refractivity contribution is 6.14. The van der Waals surface area contributed by atoms with E-state index in [1.54, 1.807) is 49.4 Å². The predicted molar refractivity (Wildman–Crippen MR) is 104 cm³/mol. The van der Waals surface area contributed by atoms with Gasteiger partial charge in [-0.25, -0.2) is 4.79 Å². The zero-order valence-corrected chi connectivity index (χ0v) is 15.7. The molecule has 2 amide bonds. The molecule has 3 N–H and O–H groups in total. The van der Waals surface area contributed by atoms with Crippen LogP contribution in [0.2, 0.25) is 0 Å². The van der Waals surface area contributed by atoms with Crippen LogP contribution in [0, 0.1) is 12.8 Å². The molecule has 27 heavy (non-hydrogen) atoms. The van der Waals surface area contributed by atoms with Crippen LogP contribution in [0.25, 0.3) is 0 Å². The Morgan fingerprint density at radius 1 is 1.07 bits per heavy atom. The molecule has 2 rings (SSSR count). The average molecular weight is 368 g/mol. The number of carbonyl (C=O) groups excluding carboxylic acids is 2. The molecule has 0 spiro atoms. The normalized spacial score (nSPS) is 12.7. The lowest BCUT2D eigenvalue weighted by Gasteiger charge is -2.22. The van der Waals surface area contributed by atoms with Gasteiger partial charge in [0.25, 0.3) is 0 Å². The predicted octanol–water partition coefficient (Wildman–Crippen LogP) is 3.85. The van der Waals surface area contributed by atoms with Crippen LogP contribution in [0.3, 0.4) is 0 Å². The van der Waals surface area contributed by atoms with Gasteiger partial charge in [-0.2, -0.15) is 0 Å². The monoisotopic (exact) mass is 368 g/mol. The van der Waals surface area contributed by atoms with E-state index in [0.717, 1.165) is 5.56 Å². The molecule has 0 radical (unpaired) electrons. The van der Waals surface area contributed by atoms with Crippen molar-refractivity contribution in [3.05, 3.63) is 65.2 Å². The molecule has 0 aliphatic heterocycles. The van der Waals surface area contributed by atoms with Gasteiger partial charge in [0, 0.05) is 11.1 Å². The number of benzene rings is 2. The minimum Gasteiger partial charge on any atom is -0.465 e. The highest BCUT2D eigenvalue weighted by Gasteiger charge is 2.27. The molecule has 142 valence electrons. The van der Waals surface area contributed by atoms with Crippen molar-refractivity contribution in [2.75, 3.05) is 5.32 Å². The summed E-state index contributed by atoms with van der Waals surface area (Å²) in [6.45, 7) is 5.54. The molecule has 6 nitrogen and oxygen atoms in total. The van der Waals surface area contributed by atoms with E-state index in [0.29, 0.717) is 23.2 Å². The van der Waals surface area contributed by atoms with E-state index in [4.69, 9.17) is 5.11 Å². The summed E-state index contributed by atoms with van der Waals surface area (Å²) in [5.41, 5.74) is 2.13. The Balaban J connectivity index is 2.34. The third-order valence-electron chi connectivity index (χ3n) is 4.49. The SMILES string of the molecule is CCC(C)C(NC(=O)O)C(=O)Nc1ccc(C)cc1C(=O)c1ccccc1. The number of anilines is 1. The van der Waals surface area contributed by atoms with Gasteiger partial charge in [0.15, 0.2) is 5.78 Å². The summed E-state index contributed by atoms with van der Waals surface area (Å²) in [6.07, 6.45) is -0.637. The Morgan fingerprint density at radius 2 is 1.74 bits per heavy atom. The molecule has 2 atom stereocenters. The van der Waals surface area contributed by atoms with Crippen LogP contribution < -0.4 is 10.6 Å². The first-order chi connectivity index (χ1) is 12.8. The lowest BCUT2D eigenvalue weighted by molar-refractivity contribution is -0.119. The summed E-state index contributed by atoms with van der Waals surface area (Å²) < 4.78 is 0. The maximum Gasteiger partial charge on any atom is 0.405 e. The molecule has 0 saturated heterocycles. The lowest BCUT2D eigenvalue weighted by Crippen LogP contribution is -2.47. The number of ketones is 1. The second kappa shape index (κ2) is 8.98. The van der Waals surface area contributed by atoms with Crippen LogP contribution in [0.1, 0.15) is 41.8 Å². The maximum atomic E-state index is 12.9. The van der Waals surface area contributed by atoms with E-state index in [1.165, 1.54) is 0 Å². The Kier molecular flexibility index (Phi) is 6.71. The van der Waals surface area contributed by atoms with E-state index in [1.807, 2.05) is 19.9 Å². The van der Waals surface area contributed by atoms with E-state index in [-0.39, 0.29) is 11.7 Å². The van der Waals surface area contributed by atoms with Gasteiger partial charge >= 0.3 is 6.09 Å². The summed E-state index contributed by atoms with van der Waals surface area (Å²) in [4.78, 5) is 36.6. The smallest absolute Gasteiger partial charge is 0.405 e. The average Bonchev–Trinajstić information content (AvgIpc) is 2.66. The third-order valence-corrected chi connectivity index (χ3v) is 4.49. The summed E-state index contributed by atoms with van der Waals surface area (Å²) in [5.74, 6) is -0.890. The molecule has 0 heterocycles. The van der Waals surface area contributed by atoms with E-state index in [9.17, 15) is 14.4 Å². The minimum atomic E-state index is -1.26. The Morgan fingerprint density at radius 3 is 2.33 bits per heavy atom. The first-order valence-corrected chi connectivity index (χ1v) is 8.84. The number of rotatable bonds is 7. The van der Waals surface area contributed by atoms with Crippen molar-refractivity contribution < 1.29 is 19.5 Å². The molecular weight excluding hydrogens is 344 g/mol. The number of amides is 2. The molecule has 2 aromatic rings. The van der Waals surface area contributed by atoms with E-state index in [2.05, 4.69) is 10.6 Å². The number of hydrogen-bond donors (Lipinski definition) is 3. The highest BCUT2D eigenvalue weighted by Crippen LogP contribution is 2.22. The van der Waals surface area contributed by atoms with E-state index < -0.39 is 18.0 Å². The van der Waals surface area contributed by atoms with E-state index >= 15 is 0 Å². The second-order valence-corrected chi connectivity index (χ2v) is 6.55. The number of nitrogens with one attached hydrogen (secondary N) is 2. The van der Waals surface area contributed by atoms with Gasteiger partial charge in [0.05, 0.1) is 5.69 Å². The van der Waals surface area contributed by atoms with Crippen LogP contribution in [0.4, 0.5) is 10.5 Å². The van der Waals surface area contributed by atoms with Crippen molar-refractivity contribution in [1.29, 1.82) is 0 Å². The van der Waals surface area contributed by atoms with Crippen molar-refractivity contribution in [3.63, 3.8) is 0 Å². The van der Waals surface area contributed by atoms with Gasteiger partial charge in [-0.3, -0.25) is 9.59 Å². The van der Waals surface area contributed by atoms with Gasteiger partial charge in [-0.05, 0) is 25.0 Å². The van der Waals surface area contributed by atoms with Crippen molar-refractivity contribution in [3.8, 4) is 0 Å². The number of aryl methyl sites for hydroxylation is 1. The molecule has 0 saturated carbocycles. The fraction of sp³-hybridized carbons (Fsp3) is 0.286.